The van der Waals surface area contributed by atoms with E-state index in [4.69, 9.17) is 17.0 Å². The van der Waals surface area contributed by atoms with Gasteiger partial charge in [0.2, 0.25) is 0 Å². The zero-order valence-corrected chi connectivity index (χ0v) is 16.2. The summed E-state index contributed by atoms with van der Waals surface area (Å²) in [4.78, 5) is 26.2. The number of anilines is 1. The van der Waals surface area contributed by atoms with E-state index in [0.717, 1.165) is 5.69 Å². The Labute approximate surface area is 163 Å². The number of benzene rings is 2. The van der Waals surface area contributed by atoms with Crippen LogP contribution in [0.15, 0.2) is 48.5 Å². The highest BCUT2D eigenvalue weighted by Crippen LogP contribution is 2.12. The van der Waals surface area contributed by atoms with Crippen molar-refractivity contribution in [3.8, 4) is 5.75 Å². The molecule has 0 radical (unpaired) electrons. The topological polar surface area (TPSA) is 82.7 Å². The molecule has 0 bridgehead atoms. The van der Waals surface area contributed by atoms with Gasteiger partial charge in [0.05, 0.1) is 6.61 Å². The summed E-state index contributed by atoms with van der Waals surface area (Å²) >= 11 is 5.03. The highest BCUT2D eigenvalue weighted by atomic mass is 32.1. The molecule has 0 heterocycles. The van der Waals surface area contributed by atoms with E-state index in [-0.39, 0.29) is 16.9 Å². The molecule has 7 nitrogen and oxygen atoms in total. The van der Waals surface area contributed by atoms with Crippen molar-refractivity contribution in [1.82, 2.24) is 16.2 Å². The van der Waals surface area contributed by atoms with Crippen LogP contribution in [0.25, 0.3) is 0 Å². The maximum absolute atomic E-state index is 12.1. The van der Waals surface area contributed by atoms with Crippen LogP contribution < -0.4 is 25.8 Å². The zero-order valence-electron chi connectivity index (χ0n) is 15.4. The second-order valence-electron chi connectivity index (χ2n) is 5.76. The molecule has 2 amide bonds. The molecule has 0 atom stereocenters. The molecule has 2 aromatic rings. The first-order valence-electron chi connectivity index (χ1n) is 8.32. The number of nitrogens with one attached hydrogen (secondary N) is 3. The van der Waals surface area contributed by atoms with Gasteiger partial charge in [0, 0.05) is 30.9 Å². The average molecular weight is 386 g/mol. The third-order valence-corrected chi connectivity index (χ3v) is 3.79. The first-order valence-corrected chi connectivity index (χ1v) is 8.73. The summed E-state index contributed by atoms with van der Waals surface area (Å²) in [7, 11) is 3.84. The van der Waals surface area contributed by atoms with E-state index in [1.807, 2.05) is 38.1 Å². The SMILES string of the molecule is CCOc1ccc(C(=O)NC(=S)NNC(=O)c2ccc(N(C)C)cc2)cc1. The number of rotatable bonds is 5. The molecule has 0 fully saturated rings. The van der Waals surface area contributed by atoms with Gasteiger partial charge >= 0.3 is 0 Å². The third kappa shape index (κ3) is 5.96. The molecule has 2 rings (SSSR count). The van der Waals surface area contributed by atoms with Gasteiger partial charge in [0.25, 0.3) is 11.8 Å². The fourth-order valence-electron chi connectivity index (χ4n) is 2.17. The molecule has 0 saturated heterocycles. The smallest absolute Gasteiger partial charge is 0.269 e. The Kier molecular flexibility index (Phi) is 7.13. The average Bonchev–Trinajstić information content (AvgIpc) is 2.67. The lowest BCUT2D eigenvalue weighted by Gasteiger charge is -2.13. The highest BCUT2D eigenvalue weighted by molar-refractivity contribution is 7.80. The number of amides is 2. The van der Waals surface area contributed by atoms with Crippen LogP contribution in [0.5, 0.6) is 5.75 Å². The monoisotopic (exact) mass is 386 g/mol. The van der Waals surface area contributed by atoms with Gasteiger partial charge in [-0.2, -0.15) is 0 Å². The minimum absolute atomic E-state index is 0.00727. The fraction of sp³-hybridized carbons (Fsp3) is 0.211. The predicted molar refractivity (Wildman–Crippen MR) is 109 cm³/mol. The number of thiocarbonyl (C=S) groups is 1. The van der Waals surface area contributed by atoms with Gasteiger partial charge in [-0.05, 0) is 67.7 Å². The Hall–Kier alpha value is -3.13. The van der Waals surface area contributed by atoms with Crippen molar-refractivity contribution in [3.05, 3.63) is 59.7 Å². The van der Waals surface area contributed by atoms with E-state index in [2.05, 4.69) is 16.2 Å². The van der Waals surface area contributed by atoms with Gasteiger partial charge in [-0.1, -0.05) is 0 Å². The molecule has 0 unspecified atom stereocenters. The maximum atomic E-state index is 12.1. The number of hydrazine groups is 1. The second kappa shape index (κ2) is 9.54. The highest BCUT2D eigenvalue weighted by Gasteiger charge is 2.10. The van der Waals surface area contributed by atoms with Crippen LogP contribution in [0.4, 0.5) is 5.69 Å². The van der Waals surface area contributed by atoms with Gasteiger partial charge in [-0.15, -0.1) is 0 Å². The zero-order chi connectivity index (χ0) is 19.8. The first kappa shape index (κ1) is 20.2. The Balaban J connectivity index is 1.84. The van der Waals surface area contributed by atoms with Crippen LogP contribution in [0, 0.1) is 0 Å². The molecule has 3 N–H and O–H groups in total. The van der Waals surface area contributed by atoms with Crippen LogP contribution in [0.2, 0.25) is 0 Å². The van der Waals surface area contributed by atoms with Crippen molar-refractivity contribution in [2.75, 3.05) is 25.6 Å². The van der Waals surface area contributed by atoms with Gasteiger partial charge in [-0.3, -0.25) is 25.8 Å². The third-order valence-electron chi connectivity index (χ3n) is 3.59. The number of carbonyl (C=O) groups excluding carboxylic acids is 2. The van der Waals surface area contributed by atoms with Crippen molar-refractivity contribution in [3.63, 3.8) is 0 Å². The molecule has 0 aliphatic rings. The minimum Gasteiger partial charge on any atom is -0.494 e. The van der Waals surface area contributed by atoms with Gasteiger partial charge < -0.3 is 9.64 Å². The number of hydrogen-bond donors (Lipinski definition) is 3. The van der Waals surface area contributed by atoms with E-state index in [1.54, 1.807) is 36.4 Å². The molecule has 142 valence electrons. The molecule has 0 aliphatic heterocycles. The number of ether oxygens (including phenoxy) is 1. The standard InChI is InChI=1S/C19H22N4O3S/c1-4-26-16-11-7-13(8-12-16)17(24)20-19(27)22-21-18(25)14-5-9-15(10-6-14)23(2)3/h5-12H,4H2,1-3H3,(H,21,25)(H2,20,22,24,27). The second-order valence-corrected chi connectivity index (χ2v) is 6.17. The van der Waals surface area contributed by atoms with Crippen LogP contribution >= 0.6 is 12.2 Å². The van der Waals surface area contributed by atoms with Gasteiger partial charge in [0.15, 0.2) is 5.11 Å². The van der Waals surface area contributed by atoms with Crippen molar-refractivity contribution >= 4 is 34.8 Å². The van der Waals surface area contributed by atoms with Crippen molar-refractivity contribution in [2.24, 2.45) is 0 Å². The maximum Gasteiger partial charge on any atom is 0.269 e. The number of carbonyl (C=O) groups is 2. The lowest BCUT2D eigenvalue weighted by Crippen LogP contribution is -2.48. The summed E-state index contributed by atoms with van der Waals surface area (Å²) < 4.78 is 5.33. The van der Waals surface area contributed by atoms with Crippen LogP contribution in [0.1, 0.15) is 27.6 Å². The molecule has 2 aromatic carbocycles. The molecular weight excluding hydrogens is 364 g/mol. The van der Waals surface area contributed by atoms with E-state index >= 15 is 0 Å². The van der Waals surface area contributed by atoms with Gasteiger partial charge in [0.1, 0.15) is 5.75 Å². The summed E-state index contributed by atoms with van der Waals surface area (Å²) in [6.07, 6.45) is 0. The Morgan fingerprint density at radius 1 is 0.926 bits per heavy atom. The molecule has 0 spiro atoms. The largest absolute Gasteiger partial charge is 0.494 e. The van der Waals surface area contributed by atoms with Crippen LogP contribution in [-0.2, 0) is 0 Å². The predicted octanol–water partition coefficient (Wildman–Crippen LogP) is 2.10. The summed E-state index contributed by atoms with van der Waals surface area (Å²) in [5, 5.41) is 2.49. The normalized spacial score (nSPS) is 9.89. The summed E-state index contributed by atoms with van der Waals surface area (Å²) in [6, 6.07) is 13.7. The van der Waals surface area contributed by atoms with Crippen LogP contribution in [0.3, 0.4) is 0 Å². The molecule has 8 heteroatoms. The summed E-state index contributed by atoms with van der Waals surface area (Å²) in [6.45, 7) is 2.44. The summed E-state index contributed by atoms with van der Waals surface area (Å²) in [5.41, 5.74) is 6.84. The quantitative estimate of drug-likeness (QED) is 0.539. The van der Waals surface area contributed by atoms with E-state index in [1.165, 1.54) is 0 Å². The lowest BCUT2D eigenvalue weighted by molar-refractivity contribution is 0.0934. The van der Waals surface area contributed by atoms with Crippen molar-refractivity contribution in [1.29, 1.82) is 0 Å². The molecular formula is C19H22N4O3S. The Morgan fingerprint density at radius 3 is 2.04 bits per heavy atom. The number of hydrogen-bond acceptors (Lipinski definition) is 5. The van der Waals surface area contributed by atoms with E-state index in [0.29, 0.717) is 23.5 Å². The van der Waals surface area contributed by atoms with Gasteiger partial charge in [-0.25, -0.2) is 0 Å². The first-order chi connectivity index (χ1) is 12.9. The Morgan fingerprint density at radius 2 is 1.48 bits per heavy atom. The summed E-state index contributed by atoms with van der Waals surface area (Å²) in [5.74, 6) is -0.0691. The minimum atomic E-state index is -0.389. The number of nitrogens with zero attached hydrogens (tertiary/aromatic N) is 1. The fourth-order valence-corrected chi connectivity index (χ4v) is 2.32. The Bertz CT molecular complexity index is 805. The van der Waals surface area contributed by atoms with E-state index < -0.39 is 0 Å². The molecule has 0 aromatic heterocycles. The molecule has 27 heavy (non-hydrogen) atoms. The lowest BCUT2D eigenvalue weighted by atomic mass is 10.2. The molecule has 0 saturated carbocycles. The van der Waals surface area contributed by atoms with Crippen molar-refractivity contribution < 1.29 is 14.3 Å². The van der Waals surface area contributed by atoms with Crippen LogP contribution in [-0.4, -0.2) is 37.6 Å². The molecule has 0 aliphatic carbocycles. The van der Waals surface area contributed by atoms with E-state index in [9.17, 15) is 9.59 Å². The van der Waals surface area contributed by atoms with Crippen molar-refractivity contribution in [2.45, 2.75) is 6.92 Å².